The molecular weight excluding hydrogens is 182 g/mol. The van der Waals surface area contributed by atoms with Gasteiger partial charge in [-0.15, -0.1) is 0 Å². The van der Waals surface area contributed by atoms with Gasteiger partial charge in [0, 0.05) is 6.42 Å². The van der Waals surface area contributed by atoms with E-state index in [4.69, 9.17) is 10.5 Å². The predicted octanol–water partition coefficient (Wildman–Crippen LogP) is 0.428. The molecule has 0 radical (unpaired) electrons. The van der Waals surface area contributed by atoms with Crippen molar-refractivity contribution in [3.05, 3.63) is 0 Å². The van der Waals surface area contributed by atoms with E-state index in [9.17, 15) is 9.90 Å². The molecule has 14 heavy (non-hydrogen) atoms. The zero-order valence-electron chi connectivity index (χ0n) is 8.82. The van der Waals surface area contributed by atoms with Gasteiger partial charge in [-0.25, -0.2) is 0 Å². The van der Waals surface area contributed by atoms with Gasteiger partial charge in [0.25, 0.3) is 0 Å². The molecule has 3 unspecified atom stereocenters. The first-order valence-electron chi connectivity index (χ1n) is 5.14. The summed E-state index contributed by atoms with van der Waals surface area (Å²) in [4.78, 5) is 11.5. The Morgan fingerprint density at radius 3 is 2.86 bits per heavy atom. The number of nitrogens with two attached hydrogens (primary N) is 1. The zero-order valence-corrected chi connectivity index (χ0v) is 8.82. The highest BCUT2D eigenvalue weighted by molar-refractivity contribution is 5.80. The molecule has 0 aromatic heterocycles. The summed E-state index contributed by atoms with van der Waals surface area (Å²) in [6, 6.07) is 0. The number of aliphatic hydroxyl groups excluding tert-OH is 1. The fourth-order valence-corrected chi connectivity index (χ4v) is 1.81. The summed E-state index contributed by atoms with van der Waals surface area (Å²) in [6.07, 6.45) is 1.20. The largest absolute Gasteiger partial charge is 0.465 e. The van der Waals surface area contributed by atoms with Crippen LogP contribution in [0.2, 0.25) is 0 Å². The molecule has 1 rings (SSSR count). The van der Waals surface area contributed by atoms with Crippen LogP contribution in [-0.4, -0.2) is 29.3 Å². The summed E-state index contributed by atoms with van der Waals surface area (Å²) in [6.45, 7) is 4.06. The Morgan fingerprint density at radius 1 is 1.71 bits per heavy atom. The van der Waals surface area contributed by atoms with E-state index in [0.717, 1.165) is 6.42 Å². The summed E-state index contributed by atoms with van der Waals surface area (Å²) in [5, 5.41) is 9.64. The van der Waals surface area contributed by atoms with Crippen LogP contribution in [0.15, 0.2) is 0 Å². The van der Waals surface area contributed by atoms with Crippen molar-refractivity contribution in [2.45, 2.75) is 44.8 Å². The van der Waals surface area contributed by atoms with Crippen molar-refractivity contribution in [2.24, 2.45) is 11.7 Å². The molecule has 0 aliphatic heterocycles. The first kappa shape index (κ1) is 11.5. The molecule has 1 aliphatic carbocycles. The third-order valence-corrected chi connectivity index (χ3v) is 2.96. The lowest BCUT2D eigenvalue weighted by Crippen LogP contribution is -2.55. The molecule has 1 aliphatic rings. The maximum atomic E-state index is 11.5. The minimum Gasteiger partial charge on any atom is -0.465 e. The molecule has 3 atom stereocenters. The fourth-order valence-electron chi connectivity index (χ4n) is 1.81. The zero-order chi connectivity index (χ0) is 10.8. The van der Waals surface area contributed by atoms with Gasteiger partial charge in [-0.05, 0) is 25.7 Å². The van der Waals surface area contributed by atoms with Gasteiger partial charge in [0.2, 0.25) is 0 Å². The van der Waals surface area contributed by atoms with Crippen molar-refractivity contribution in [3.8, 4) is 0 Å². The SMILES string of the molecule is CCOC(=O)C1(N)CCC(C)C(O)C1. The molecule has 0 amide bonds. The average Bonchev–Trinajstić information content (AvgIpc) is 2.13. The van der Waals surface area contributed by atoms with E-state index in [0.29, 0.717) is 19.4 Å². The van der Waals surface area contributed by atoms with Crippen molar-refractivity contribution in [2.75, 3.05) is 6.61 Å². The summed E-state index contributed by atoms with van der Waals surface area (Å²) >= 11 is 0. The van der Waals surface area contributed by atoms with E-state index in [-0.39, 0.29) is 11.9 Å². The van der Waals surface area contributed by atoms with Gasteiger partial charge in [0.1, 0.15) is 5.54 Å². The Hall–Kier alpha value is -0.610. The molecule has 0 spiro atoms. The van der Waals surface area contributed by atoms with Crippen LogP contribution in [0, 0.1) is 5.92 Å². The number of aliphatic hydroxyl groups is 1. The quantitative estimate of drug-likeness (QED) is 0.635. The third kappa shape index (κ3) is 2.25. The maximum absolute atomic E-state index is 11.5. The average molecular weight is 201 g/mol. The molecule has 82 valence electrons. The highest BCUT2D eigenvalue weighted by atomic mass is 16.5. The summed E-state index contributed by atoms with van der Waals surface area (Å²) in [5.41, 5.74) is 4.94. The van der Waals surface area contributed by atoms with Gasteiger partial charge < -0.3 is 15.6 Å². The maximum Gasteiger partial charge on any atom is 0.326 e. The number of carbonyl (C=O) groups excluding carboxylic acids is 1. The van der Waals surface area contributed by atoms with Crippen LogP contribution in [0.4, 0.5) is 0 Å². The van der Waals surface area contributed by atoms with Crippen LogP contribution in [0.5, 0.6) is 0 Å². The van der Waals surface area contributed by atoms with Crippen molar-refractivity contribution in [1.82, 2.24) is 0 Å². The molecule has 4 heteroatoms. The van der Waals surface area contributed by atoms with Gasteiger partial charge in [-0.1, -0.05) is 6.92 Å². The topological polar surface area (TPSA) is 72.5 Å². The highest BCUT2D eigenvalue weighted by Crippen LogP contribution is 2.31. The molecule has 0 saturated heterocycles. The number of hydrogen-bond donors (Lipinski definition) is 2. The van der Waals surface area contributed by atoms with Gasteiger partial charge in [-0.3, -0.25) is 4.79 Å². The van der Waals surface area contributed by atoms with E-state index in [1.54, 1.807) is 6.92 Å². The second-order valence-electron chi connectivity index (χ2n) is 4.16. The van der Waals surface area contributed by atoms with Crippen LogP contribution in [0.1, 0.15) is 33.1 Å². The Kier molecular flexibility index (Phi) is 3.50. The molecule has 3 N–H and O–H groups in total. The Labute approximate surface area is 84.4 Å². The second kappa shape index (κ2) is 4.28. The van der Waals surface area contributed by atoms with E-state index in [2.05, 4.69) is 0 Å². The van der Waals surface area contributed by atoms with E-state index < -0.39 is 11.6 Å². The molecule has 0 aromatic carbocycles. The lowest BCUT2D eigenvalue weighted by atomic mass is 9.76. The lowest BCUT2D eigenvalue weighted by molar-refractivity contribution is -0.153. The van der Waals surface area contributed by atoms with Crippen molar-refractivity contribution >= 4 is 5.97 Å². The van der Waals surface area contributed by atoms with Gasteiger partial charge in [0.05, 0.1) is 12.7 Å². The standard InChI is InChI=1S/C10H19NO3/c1-3-14-9(13)10(11)5-4-7(2)8(12)6-10/h7-8,12H,3-6,11H2,1-2H3. The summed E-state index contributed by atoms with van der Waals surface area (Å²) < 4.78 is 4.89. The minimum absolute atomic E-state index is 0.223. The van der Waals surface area contributed by atoms with Gasteiger partial charge >= 0.3 is 5.97 Å². The van der Waals surface area contributed by atoms with Crippen LogP contribution < -0.4 is 5.73 Å². The molecule has 1 saturated carbocycles. The summed E-state index contributed by atoms with van der Waals surface area (Å²) in [7, 11) is 0. The molecule has 0 bridgehead atoms. The normalized spacial score (nSPS) is 38.0. The lowest BCUT2D eigenvalue weighted by Gasteiger charge is -2.36. The first-order chi connectivity index (χ1) is 6.49. The van der Waals surface area contributed by atoms with Crippen molar-refractivity contribution in [3.63, 3.8) is 0 Å². The van der Waals surface area contributed by atoms with Crippen LogP contribution in [0.25, 0.3) is 0 Å². The number of carbonyl (C=O) groups is 1. The van der Waals surface area contributed by atoms with Crippen LogP contribution in [0.3, 0.4) is 0 Å². The fraction of sp³-hybridized carbons (Fsp3) is 0.900. The van der Waals surface area contributed by atoms with E-state index in [1.165, 1.54) is 0 Å². The Bertz CT molecular complexity index is 219. The number of hydrogen-bond acceptors (Lipinski definition) is 4. The molecule has 1 fully saturated rings. The monoisotopic (exact) mass is 201 g/mol. The van der Waals surface area contributed by atoms with E-state index in [1.807, 2.05) is 6.92 Å². The van der Waals surface area contributed by atoms with Gasteiger partial charge in [0.15, 0.2) is 0 Å². The first-order valence-corrected chi connectivity index (χ1v) is 5.14. The second-order valence-corrected chi connectivity index (χ2v) is 4.16. The van der Waals surface area contributed by atoms with Crippen LogP contribution >= 0.6 is 0 Å². The molecule has 4 nitrogen and oxygen atoms in total. The van der Waals surface area contributed by atoms with Gasteiger partial charge in [-0.2, -0.15) is 0 Å². The van der Waals surface area contributed by atoms with Crippen molar-refractivity contribution in [1.29, 1.82) is 0 Å². The predicted molar refractivity (Wildman–Crippen MR) is 52.6 cm³/mol. The summed E-state index contributed by atoms with van der Waals surface area (Å²) in [5.74, 6) is -0.160. The molecule has 0 heterocycles. The smallest absolute Gasteiger partial charge is 0.326 e. The number of esters is 1. The van der Waals surface area contributed by atoms with E-state index >= 15 is 0 Å². The number of rotatable bonds is 2. The highest BCUT2D eigenvalue weighted by Gasteiger charge is 2.42. The Morgan fingerprint density at radius 2 is 2.36 bits per heavy atom. The Balaban J connectivity index is 2.62. The number of ether oxygens (including phenoxy) is 1. The minimum atomic E-state index is -0.970. The molecule has 0 aromatic rings. The third-order valence-electron chi connectivity index (χ3n) is 2.96. The molecular formula is C10H19NO3. The van der Waals surface area contributed by atoms with Crippen LogP contribution in [-0.2, 0) is 9.53 Å². The van der Waals surface area contributed by atoms with Crippen molar-refractivity contribution < 1.29 is 14.6 Å².